The number of hydrogen-bond donors (Lipinski definition) is 0. The summed E-state index contributed by atoms with van der Waals surface area (Å²) in [4.78, 5) is 6.77. The maximum Gasteiger partial charge on any atom is 0.259 e. The fraction of sp³-hybridized carbons (Fsp3) is 0.300. The Labute approximate surface area is 388 Å². The zero-order chi connectivity index (χ0) is 44.9. The summed E-state index contributed by atoms with van der Waals surface area (Å²) in [5.41, 5.74) is 25.4. The van der Waals surface area contributed by atoms with Crippen LogP contribution in [0.5, 0.6) is 0 Å². The molecule has 1 aliphatic carbocycles. The number of nitrogens with zero attached hydrogens (tertiary/aromatic N) is 2. The molecule has 0 bridgehead atoms. The Bertz CT molecular complexity index is 2920. The first-order chi connectivity index (χ1) is 30.5. The summed E-state index contributed by atoms with van der Waals surface area (Å²) < 4.78 is 0. The minimum atomic E-state index is -0.00303. The van der Waals surface area contributed by atoms with Gasteiger partial charge in [-0.15, -0.1) is 11.8 Å². The maximum absolute atomic E-state index is 2.69. The van der Waals surface area contributed by atoms with Gasteiger partial charge in [0.2, 0.25) is 0 Å². The van der Waals surface area contributed by atoms with E-state index in [0.717, 1.165) is 12.2 Å². The molecule has 0 radical (unpaired) electrons. The third kappa shape index (κ3) is 7.12. The minimum Gasteiger partial charge on any atom is -0.314 e. The third-order valence-corrected chi connectivity index (χ3v) is 15.9. The number of anilines is 5. The Morgan fingerprint density at radius 2 is 1.23 bits per heavy atom. The van der Waals surface area contributed by atoms with E-state index in [-0.39, 0.29) is 23.0 Å². The summed E-state index contributed by atoms with van der Waals surface area (Å²) in [5, 5.41) is 0. The highest BCUT2D eigenvalue weighted by Crippen LogP contribution is 2.53. The van der Waals surface area contributed by atoms with Gasteiger partial charge in [0.05, 0.1) is 5.69 Å². The molecule has 3 aliphatic heterocycles. The summed E-state index contributed by atoms with van der Waals surface area (Å²) in [6.45, 7) is 26.1. The molecule has 0 unspecified atom stereocenters. The van der Waals surface area contributed by atoms with Gasteiger partial charge < -0.3 is 9.80 Å². The molecule has 6 aromatic rings. The van der Waals surface area contributed by atoms with Gasteiger partial charge in [-0.3, -0.25) is 0 Å². The Balaban J connectivity index is 1.31. The second kappa shape index (κ2) is 15.6. The van der Waals surface area contributed by atoms with Crippen LogP contribution in [0.2, 0.25) is 0 Å². The second-order valence-electron chi connectivity index (χ2n) is 21.4. The first-order valence-electron chi connectivity index (χ1n) is 23.5. The van der Waals surface area contributed by atoms with E-state index in [4.69, 9.17) is 0 Å². The highest BCUT2D eigenvalue weighted by Gasteiger charge is 2.47. The summed E-state index contributed by atoms with van der Waals surface area (Å²) in [6, 6.07) is 44.6. The van der Waals surface area contributed by atoms with Gasteiger partial charge in [0.1, 0.15) is 0 Å². The molecular weight excluding hydrogens is 792 g/mol. The minimum absolute atomic E-state index is 0.00303. The molecule has 0 N–H and O–H groups in total. The number of benzene rings is 6. The van der Waals surface area contributed by atoms with Crippen LogP contribution >= 0.6 is 11.8 Å². The molecule has 2 nitrogen and oxygen atoms in total. The standard InChI is InChI=1S/C60H63BN2S/c1-38-31-40(3)55(41(4)32-38)43-21-18-30-64-57-51(26-24-43)62(45-22-16-13-17-23-45)53-33-39(2)34-54-56(53)61(57)49-36-47-48(60(10,11)29-28-59(47,8)9)37-52(49)63(54)50-27-25-44(58(5,6)7)35-46(50)42-19-14-12-15-20-42/h12-25,27,31-37H,26,28-30H2,1-11H3/b21-18-,43-24-. The molecule has 10 rings (SSSR count). The summed E-state index contributed by atoms with van der Waals surface area (Å²) >= 11 is 2.05. The van der Waals surface area contributed by atoms with E-state index < -0.39 is 0 Å². The van der Waals surface area contributed by atoms with Gasteiger partial charge in [0, 0.05) is 46.2 Å². The smallest absolute Gasteiger partial charge is 0.259 e. The van der Waals surface area contributed by atoms with Crippen LogP contribution in [0, 0.1) is 27.7 Å². The molecule has 64 heavy (non-hydrogen) atoms. The summed E-state index contributed by atoms with van der Waals surface area (Å²) in [5.74, 6) is 0.894. The number of aryl methyl sites for hydroxylation is 4. The average Bonchev–Trinajstić information content (AvgIpc) is 3.35. The lowest BCUT2D eigenvalue weighted by molar-refractivity contribution is 0.332. The normalized spacial score (nSPS) is 18.7. The molecule has 0 saturated carbocycles. The lowest BCUT2D eigenvalue weighted by Gasteiger charge is -2.48. The van der Waals surface area contributed by atoms with Crippen molar-refractivity contribution in [1.82, 2.24) is 0 Å². The van der Waals surface area contributed by atoms with Crippen LogP contribution in [0.25, 0.3) is 16.7 Å². The number of thioether (sulfide) groups is 1. The number of rotatable bonds is 4. The van der Waals surface area contributed by atoms with Gasteiger partial charge in [-0.2, -0.15) is 0 Å². The van der Waals surface area contributed by atoms with Crippen molar-refractivity contribution in [3.63, 3.8) is 0 Å². The highest BCUT2D eigenvalue weighted by molar-refractivity contribution is 8.05. The molecule has 4 heteroatoms. The van der Waals surface area contributed by atoms with Gasteiger partial charge in [-0.25, -0.2) is 0 Å². The number of hydrogen-bond acceptors (Lipinski definition) is 3. The summed E-state index contributed by atoms with van der Waals surface area (Å²) in [6.07, 6.45) is 10.5. The lowest BCUT2D eigenvalue weighted by Crippen LogP contribution is -2.56. The van der Waals surface area contributed by atoms with Gasteiger partial charge >= 0.3 is 0 Å². The van der Waals surface area contributed by atoms with Crippen LogP contribution in [0.3, 0.4) is 0 Å². The van der Waals surface area contributed by atoms with Crippen LogP contribution < -0.4 is 20.7 Å². The number of allylic oxidation sites excluding steroid dienone is 3. The van der Waals surface area contributed by atoms with E-state index in [1.54, 1.807) is 0 Å². The van der Waals surface area contributed by atoms with E-state index >= 15 is 0 Å². The van der Waals surface area contributed by atoms with Crippen molar-refractivity contribution in [2.24, 2.45) is 0 Å². The van der Waals surface area contributed by atoms with Crippen LogP contribution in [0.1, 0.15) is 112 Å². The Hall–Kier alpha value is -5.45. The molecule has 0 amide bonds. The third-order valence-electron chi connectivity index (χ3n) is 14.7. The average molecular weight is 855 g/mol. The zero-order valence-corrected chi connectivity index (χ0v) is 40.7. The molecule has 6 aromatic carbocycles. The Morgan fingerprint density at radius 3 is 1.89 bits per heavy atom. The van der Waals surface area contributed by atoms with Gasteiger partial charge in [-0.1, -0.05) is 145 Å². The van der Waals surface area contributed by atoms with Gasteiger partial charge in [-0.05, 0) is 165 Å². The van der Waals surface area contributed by atoms with E-state index in [9.17, 15) is 0 Å². The molecule has 0 atom stereocenters. The van der Waals surface area contributed by atoms with E-state index in [2.05, 4.69) is 219 Å². The fourth-order valence-electron chi connectivity index (χ4n) is 11.4. The van der Waals surface area contributed by atoms with Gasteiger partial charge in [0.15, 0.2) is 0 Å². The predicted molar refractivity (Wildman–Crippen MR) is 281 cm³/mol. The first kappa shape index (κ1) is 42.5. The van der Waals surface area contributed by atoms with Crippen molar-refractivity contribution in [1.29, 1.82) is 0 Å². The number of fused-ring (bicyclic) bond motifs is 4. The van der Waals surface area contributed by atoms with Crippen LogP contribution in [0.15, 0.2) is 144 Å². The van der Waals surface area contributed by atoms with E-state index in [1.807, 2.05) is 11.8 Å². The van der Waals surface area contributed by atoms with Crippen molar-refractivity contribution >= 4 is 63.4 Å². The molecule has 0 saturated heterocycles. The largest absolute Gasteiger partial charge is 0.314 e. The van der Waals surface area contributed by atoms with Crippen LogP contribution in [-0.4, -0.2) is 12.5 Å². The highest BCUT2D eigenvalue weighted by atomic mass is 32.2. The quantitative estimate of drug-likeness (QED) is 0.163. The fourth-order valence-corrected chi connectivity index (χ4v) is 12.5. The van der Waals surface area contributed by atoms with E-state index in [1.165, 1.54) is 124 Å². The van der Waals surface area contributed by atoms with Crippen molar-refractivity contribution in [3.05, 3.63) is 188 Å². The molecule has 322 valence electrons. The van der Waals surface area contributed by atoms with Crippen LogP contribution in [0.4, 0.5) is 28.4 Å². The monoisotopic (exact) mass is 854 g/mol. The molecule has 0 spiro atoms. The molecule has 3 heterocycles. The lowest BCUT2D eigenvalue weighted by atomic mass is 9.36. The van der Waals surface area contributed by atoms with Crippen molar-refractivity contribution in [2.75, 3.05) is 15.6 Å². The van der Waals surface area contributed by atoms with Crippen molar-refractivity contribution in [2.45, 2.75) is 112 Å². The maximum atomic E-state index is 2.69. The Kier molecular flexibility index (Phi) is 10.4. The molecular formula is C60H63BN2S. The topological polar surface area (TPSA) is 6.48 Å². The number of para-hydroxylation sites is 1. The summed E-state index contributed by atoms with van der Waals surface area (Å²) in [7, 11) is 0. The first-order valence-corrected chi connectivity index (χ1v) is 24.5. The molecule has 4 aliphatic rings. The van der Waals surface area contributed by atoms with Crippen molar-refractivity contribution < 1.29 is 0 Å². The Morgan fingerprint density at radius 1 is 0.625 bits per heavy atom. The second-order valence-corrected chi connectivity index (χ2v) is 22.5. The molecule has 0 fully saturated rings. The molecule has 0 aromatic heterocycles. The van der Waals surface area contributed by atoms with Gasteiger partial charge in [0.25, 0.3) is 6.71 Å². The SMILES string of the molecule is Cc1cc(C)c(C2=C\CC3=C(SC/C=C\2)B2c4cc5c(cc4N(c4ccc(C(C)(C)C)cc4-c4ccccc4)c4cc(C)cc(c42)N3c2ccccc2)C(C)(C)CCC5(C)C)c(C)c1. The van der Waals surface area contributed by atoms with E-state index in [0.29, 0.717) is 0 Å². The zero-order valence-electron chi connectivity index (χ0n) is 39.9. The van der Waals surface area contributed by atoms with Crippen molar-refractivity contribution in [3.8, 4) is 11.1 Å². The predicted octanol–water partition coefficient (Wildman–Crippen LogP) is 15.3. The van der Waals surface area contributed by atoms with Crippen LogP contribution in [-0.2, 0) is 16.2 Å².